The fourth-order valence-electron chi connectivity index (χ4n) is 3.64. The van der Waals surface area contributed by atoms with Gasteiger partial charge in [-0.1, -0.05) is 30.3 Å². The van der Waals surface area contributed by atoms with E-state index in [0.717, 1.165) is 5.56 Å². The lowest BCUT2D eigenvalue weighted by Gasteiger charge is -2.34. The molecule has 1 amide bonds. The van der Waals surface area contributed by atoms with E-state index in [9.17, 15) is 13.6 Å². The second-order valence-electron chi connectivity index (χ2n) is 7.32. The van der Waals surface area contributed by atoms with Crippen LogP contribution in [0.3, 0.4) is 0 Å². The minimum absolute atomic E-state index is 0.167. The highest BCUT2D eigenvalue weighted by molar-refractivity contribution is 7.09. The second kappa shape index (κ2) is 10.1. The highest BCUT2D eigenvalue weighted by Gasteiger charge is 2.24. The van der Waals surface area contributed by atoms with Crippen molar-refractivity contribution in [1.29, 1.82) is 0 Å². The van der Waals surface area contributed by atoms with Crippen LogP contribution in [-0.4, -0.2) is 48.6 Å². The van der Waals surface area contributed by atoms with Gasteiger partial charge in [0.05, 0.1) is 24.3 Å². The van der Waals surface area contributed by atoms with Gasteiger partial charge in [-0.15, -0.1) is 11.3 Å². The van der Waals surface area contributed by atoms with Gasteiger partial charge in [0, 0.05) is 31.4 Å². The number of hydrogen-bond donors (Lipinski definition) is 1. The summed E-state index contributed by atoms with van der Waals surface area (Å²) in [5.74, 6) is -0.891. The van der Waals surface area contributed by atoms with E-state index in [2.05, 4.69) is 15.2 Å². The minimum Gasteiger partial charge on any atom is -0.379 e. The number of thiazole rings is 1. The number of benzene rings is 2. The molecule has 1 saturated heterocycles. The van der Waals surface area contributed by atoms with Gasteiger partial charge in [0.25, 0.3) is 5.91 Å². The van der Waals surface area contributed by atoms with Gasteiger partial charge >= 0.3 is 0 Å². The maximum atomic E-state index is 13.9. The van der Waals surface area contributed by atoms with Crippen molar-refractivity contribution >= 4 is 17.2 Å². The van der Waals surface area contributed by atoms with Crippen LogP contribution < -0.4 is 5.32 Å². The SMILES string of the molecule is O=C(NCC(c1cccc(F)c1)N1CCOCC1)c1csc(Cc2ccccc2F)n1. The lowest BCUT2D eigenvalue weighted by Crippen LogP contribution is -2.43. The number of aromatic nitrogens is 1. The summed E-state index contributed by atoms with van der Waals surface area (Å²) < 4.78 is 33.1. The highest BCUT2D eigenvalue weighted by Crippen LogP contribution is 2.23. The van der Waals surface area contributed by atoms with E-state index >= 15 is 0 Å². The molecule has 1 aliphatic heterocycles. The molecule has 0 saturated carbocycles. The number of nitrogens with zero attached hydrogens (tertiary/aromatic N) is 2. The van der Waals surface area contributed by atoms with Crippen molar-refractivity contribution in [3.05, 3.63) is 87.4 Å². The number of hydrogen-bond acceptors (Lipinski definition) is 5. The summed E-state index contributed by atoms with van der Waals surface area (Å²) in [6.45, 7) is 2.94. The molecule has 2 heterocycles. The molecule has 8 heteroatoms. The summed E-state index contributed by atoms with van der Waals surface area (Å²) in [7, 11) is 0. The van der Waals surface area contributed by atoms with Crippen LogP contribution in [0.1, 0.15) is 32.7 Å². The van der Waals surface area contributed by atoms with Gasteiger partial charge in [-0.3, -0.25) is 9.69 Å². The number of halogens is 2. The third-order valence-electron chi connectivity index (χ3n) is 5.26. The summed E-state index contributed by atoms with van der Waals surface area (Å²) in [5, 5.41) is 5.28. The first-order valence-electron chi connectivity index (χ1n) is 10.1. The number of amides is 1. The van der Waals surface area contributed by atoms with E-state index in [0.29, 0.717) is 55.5 Å². The predicted octanol–water partition coefficient (Wildman–Crippen LogP) is 3.82. The summed E-state index contributed by atoms with van der Waals surface area (Å²) in [5.41, 5.74) is 1.65. The number of nitrogens with one attached hydrogen (secondary N) is 1. The van der Waals surface area contributed by atoms with Crippen LogP contribution in [0, 0.1) is 11.6 Å². The Balaban J connectivity index is 1.43. The fourth-order valence-corrected chi connectivity index (χ4v) is 4.44. The molecular weight excluding hydrogens is 420 g/mol. The summed E-state index contributed by atoms with van der Waals surface area (Å²) in [4.78, 5) is 19.3. The Morgan fingerprint density at radius 3 is 2.74 bits per heavy atom. The Morgan fingerprint density at radius 2 is 1.97 bits per heavy atom. The molecular formula is C23H23F2N3O2S. The van der Waals surface area contributed by atoms with Gasteiger partial charge in [-0.25, -0.2) is 13.8 Å². The standard InChI is InChI=1S/C23H23F2N3O2S/c24-18-6-3-5-17(12-18)21(28-8-10-30-11-9-28)14-26-23(29)20-15-31-22(27-20)13-16-4-1-2-7-19(16)25/h1-7,12,15,21H,8-11,13-14H2,(H,26,29). The molecule has 2 aromatic carbocycles. The summed E-state index contributed by atoms with van der Waals surface area (Å²) >= 11 is 1.33. The third kappa shape index (κ3) is 5.52. The Bertz CT molecular complexity index is 1040. The first kappa shape index (κ1) is 21.5. The van der Waals surface area contributed by atoms with Crippen LogP contribution in [0.25, 0.3) is 0 Å². The molecule has 5 nitrogen and oxygen atoms in total. The van der Waals surface area contributed by atoms with Gasteiger partial charge in [-0.05, 0) is 29.3 Å². The molecule has 0 bridgehead atoms. The molecule has 0 spiro atoms. The molecule has 0 radical (unpaired) electrons. The molecule has 1 aliphatic rings. The number of morpholine rings is 1. The Labute approximate surface area is 183 Å². The van der Waals surface area contributed by atoms with Crippen LogP contribution >= 0.6 is 11.3 Å². The number of rotatable bonds is 7. The van der Waals surface area contributed by atoms with Crippen LogP contribution in [0.2, 0.25) is 0 Å². The third-order valence-corrected chi connectivity index (χ3v) is 6.11. The molecule has 1 unspecified atom stereocenters. The zero-order valence-corrected chi connectivity index (χ0v) is 17.7. The van der Waals surface area contributed by atoms with E-state index in [1.807, 2.05) is 6.07 Å². The normalized spacial score (nSPS) is 15.5. The van der Waals surface area contributed by atoms with E-state index in [4.69, 9.17) is 4.74 Å². The predicted molar refractivity (Wildman–Crippen MR) is 115 cm³/mol. The summed E-state index contributed by atoms with van der Waals surface area (Å²) in [6, 6.07) is 12.8. The Morgan fingerprint density at radius 1 is 1.16 bits per heavy atom. The molecule has 0 aliphatic carbocycles. The number of ether oxygens (including phenoxy) is 1. The maximum Gasteiger partial charge on any atom is 0.270 e. The van der Waals surface area contributed by atoms with Gasteiger partial charge in [0.15, 0.2) is 0 Å². The van der Waals surface area contributed by atoms with Crippen molar-refractivity contribution < 1.29 is 18.3 Å². The zero-order valence-electron chi connectivity index (χ0n) is 16.9. The maximum absolute atomic E-state index is 13.9. The Kier molecular flexibility index (Phi) is 7.01. The van der Waals surface area contributed by atoms with Crippen LogP contribution in [0.5, 0.6) is 0 Å². The molecule has 1 fully saturated rings. The monoisotopic (exact) mass is 443 g/mol. The molecule has 162 valence electrons. The van der Waals surface area contributed by atoms with E-state index in [1.165, 1.54) is 29.5 Å². The van der Waals surface area contributed by atoms with Gasteiger partial charge < -0.3 is 10.1 Å². The van der Waals surface area contributed by atoms with Crippen molar-refractivity contribution in [2.45, 2.75) is 12.5 Å². The largest absolute Gasteiger partial charge is 0.379 e. The van der Waals surface area contributed by atoms with Gasteiger partial charge in [0.2, 0.25) is 0 Å². The first-order valence-corrected chi connectivity index (χ1v) is 11.0. The highest BCUT2D eigenvalue weighted by atomic mass is 32.1. The topological polar surface area (TPSA) is 54.5 Å². The van der Waals surface area contributed by atoms with Crippen molar-refractivity contribution in [1.82, 2.24) is 15.2 Å². The summed E-state index contributed by atoms with van der Waals surface area (Å²) in [6.07, 6.45) is 0.338. The molecule has 31 heavy (non-hydrogen) atoms. The lowest BCUT2D eigenvalue weighted by atomic mass is 10.0. The number of carbonyl (C=O) groups is 1. The van der Waals surface area contributed by atoms with Crippen LogP contribution in [0.4, 0.5) is 8.78 Å². The van der Waals surface area contributed by atoms with Crippen molar-refractivity contribution in [2.75, 3.05) is 32.8 Å². The van der Waals surface area contributed by atoms with E-state index < -0.39 is 0 Å². The number of carbonyl (C=O) groups excluding carboxylic acids is 1. The zero-order chi connectivity index (χ0) is 21.6. The quantitative estimate of drug-likeness (QED) is 0.603. The van der Waals surface area contributed by atoms with E-state index in [-0.39, 0.29) is 23.6 Å². The van der Waals surface area contributed by atoms with Gasteiger partial charge in [-0.2, -0.15) is 0 Å². The molecule has 1 aromatic heterocycles. The lowest BCUT2D eigenvalue weighted by molar-refractivity contribution is 0.0161. The molecule has 1 N–H and O–H groups in total. The van der Waals surface area contributed by atoms with Crippen LogP contribution in [-0.2, 0) is 11.2 Å². The average molecular weight is 444 g/mol. The molecule has 1 atom stereocenters. The average Bonchev–Trinajstić information content (AvgIpc) is 3.25. The first-order chi connectivity index (χ1) is 15.1. The van der Waals surface area contributed by atoms with Gasteiger partial charge in [0.1, 0.15) is 17.3 Å². The smallest absolute Gasteiger partial charge is 0.270 e. The van der Waals surface area contributed by atoms with Crippen molar-refractivity contribution in [2.24, 2.45) is 0 Å². The van der Waals surface area contributed by atoms with E-state index in [1.54, 1.807) is 29.6 Å². The Hall–Kier alpha value is -2.68. The minimum atomic E-state index is -0.306. The second-order valence-corrected chi connectivity index (χ2v) is 8.27. The molecule has 3 aromatic rings. The van der Waals surface area contributed by atoms with Crippen molar-refractivity contribution in [3.8, 4) is 0 Å². The molecule has 4 rings (SSSR count). The van der Waals surface area contributed by atoms with Crippen molar-refractivity contribution in [3.63, 3.8) is 0 Å². The van der Waals surface area contributed by atoms with Crippen LogP contribution in [0.15, 0.2) is 53.9 Å². The fraction of sp³-hybridized carbons (Fsp3) is 0.304.